The average Bonchev–Trinajstić information content (AvgIpc) is 3.42. The van der Waals surface area contributed by atoms with Crippen LogP contribution in [0.3, 0.4) is 0 Å². The van der Waals surface area contributed by atoms with Gasteiger partial charge in [-0.2, -0.15) is 4.80 Å². The van der Waals surface area contributed by atoms with Gasteiger partial charge in [0.15, 0.2) is 17.3 Å². The van der Waals surface area contributed by atoms with Gasteiger partial charge < -0.3 is 14.0 Å². The van der Waals surface area contributed by atoms with Crippen LogP contribution in [-0.4, -0.2) is 44.8 Å². The first-order valence-corrected chi connectivity index (χ1v) is 10.7. The van der Waals surface area contributed by atoms with Crippen LogP contribution in [0.1, 0.15) is 40.3 Å². The summed E-state index contributed by atoms with van der Waals surface area (Å²) in [6.45, 7) is 6.14. The molecule has 33 heavy (non-hydrogen) atoms. The molecule has 0 N–H and O–H groups in total. The molecule has 8 nitrogen and oxygen atoms in total. The normalized spacial score (nSPS) is 11.9. The van der Waals surface area contributed by atoms with Crippen LogP contribution in [0.2, 0.25) is 0 Å². The van der Waals surface area contributed by atoms with Crippen molar-refractivity contribution < 1.29 is 14.3 Å². The largest absolute Gasteiger partial charge is 0.493 e. The quantitative estimate of drug-likeness (QED) is 0.377. The van der Waals surface area contributed by atoms with E-state index in [0.29, 0.717) is 22.9 Å². The standard InChI is InChI=1S/C25H27N5O3/c1-16-13-21(18(3)30(16)17(2)19-9-7-6-8-10-19)22(31)15-29-27-25(26-28-29)20-11-12-23(32-4)24(14-20)33-5/h6-14,17H,15H2,1-5H3. The number of rotatable bonds is 8. The summed E-state index contributed by atoms with van der Waals surface area (Å²) in [4.78, 5) is 14.4. The second-order valence-corrected chi connectivity index (χ2v) is 7.88. The lowest BCUT2D eigenvalue weighted by Crippen LogP contribution is -2.15. The number of tetrazole rings is 1. The maximum Gasteiger partial charge on any atom is 0.205 e. The maximum absolute atomic E-state index is 13.1. The molecule has 1 atom stereocenters. The number of ketones is 1. The number of Topliss-reactive ketones (excluding diaryl/α,β-unsaturated/α-hetero) is 1. The molecule has 4 aromatic rings. The van der Waals surface area contributed by atoms with Crippen LogP contribution < -0.4 is 9.47 Å². The lowest BCUT2D eigenvalue weighted by molar-refractivity contribution is 0.0960. The first-order valence-electron chi connectivity index (χ1n) is 10.7. The van der Waals surface area contributed by atoms with Crippen molar-refractivity contribution in [1.82, 2.24) is 24.8 Å². The van der Waals surface area contributed by atoms with Crippen LogP contribution in [-0.2, 0) is 6.54 Å². The molecular formula is C25H27N5O3. The number of carbonyl (C=O) groups excluding carboxylic acids is 1. The van der Waals surface area contributed by atoms with E-state index >= 15 is 0 Å². The molecule has 0 fully saturated rings. The molecule has 0 saturated heterocycles. The van der Waals surface area contributed by atoms with E-state index in [2.05, 4.69) is 39.0 Å². The van der Waals surface area contributed by atoms with Crippen LogP contribution in [0, 0.1) is 13.8 Å². The fourth-order valence-corrected chi connectivity index (χ4v) is 4.15. The third kappa shape index (κ3) is 4.37. The Kier molecular flexibility index (Phi) is 6.26. The number of methoxy groups -OCH3 is 2. The Morgan fingerprint density at radius 3 is 2.42 bits per heavy atom. The number of hydrogen-bond acceptors (Lipinski definition) is 6. The Morgan fingerprint density at radius 2 is 1.73 bits per heavy atom. The monoisotopic (exact) mass is 445 g/mol. The van der Waals surface area contributed by atoms with Gasteiger partial charge in [-0.3, -0.25) is 4.79 Å². The van der Waals surface area contributed by atoms with Gasteiger partial charge in [-0.05, 0) is 55.8 Å². The van der Waals surface area contributed by atoms with Crippen molar-refractivity contribution in [3.05, 3.63) is 77.1 Å². The van der Waals surface area contributed by atoms with Crippen LogP contribution in [0.15, 0.2) is 54.6 Å². The predicted octanol–water partition coefficient (Wildman–Crippen LogP) is 4.27. The number of ether oxygens (including phenoxy) is 2. The molecule has 0 spiro atoms. The van der Waals surface area contributed by atoms with Gasteiger partial charge in [-0.25, -0.2) is 0 Å². The number of carbonyl (C=O) groups is 1. The van der Waals surface area contributed by atoms with Crippen LogP contribution in [0.4, 0.5) is 0 Å². The second-order valence-electron chi connectivity index (χ2n) is 7.88. The highest BCUT2D eigenvalue weighted by Crippen LogP contribution is 2.31. The summed E-state index contributed by atoms with van der Waals surface area (Å²) in [5.41, 5.74) is 4.54. The van der Waals surface area contributed by atoms with Gasteiger partial charge in [-0.1, -0.05) is 30.3 Å². The fraction of sp³-hybridized carbons (Fsp3) is 0.280. The van der Waals surface area contributed by atoms with E-state index < -0.39 is 0 Å². The predicted molar refractivity (Wildman–Crippen MR) is 125 cm³/mol. The lowest BCUT2D eigenvalue weighted by Gasteiger charge is -2.19. The molecule has 2 aromatic carbocycles. The maximum atomic E-state index is 13.1. The number of aryl methyl sites for hydroxylation is 1. The molecular weight excluding hydrogens is 418 g/mol. The third-order valence-electron chi connectivity index (χ3n) is 5.83. The molecule has 4 rings (SSSR count). The highest BCUT2D eigenvalue weighted by atomic mass is 16.5. The van der Waals surface area contributed by atoms with Crippen molar-refractivity contribution in [2.45, 2.75) is 33.4 Å². The Hall–Kier alpha value is -3.94. The highest BCUT2D eigenvalue weighted by Gasteiger charge is 2.21. The van der Waals surface area contributed by atoms with E-state index in [1.54, 1.807) is 26.4 Å². The number of benzene rings is 2. The molecule has 0 aliphatic carbocycles. The topological polar surface area (TPSA) is 84.1 Å². The van der Waals surface area contributed by atoms with E-state index in [1.807, 2.05) is 44.2 Å². The zero-order valence-electron chi connectivity index (χ0n) is 19.4. The summed E-state index contributed by atoms with van der Waals surface area (Å²) in [6.07, 6.45) is 0. The first kappa shape index (κ1) is 22.3. The first-order chi connectivity index (χ1) is 15.9. The second kappa shape index (κ2) is 9.28. The van der Waals surface area contributed by atoms with E-state index in [4.69, 9.17) is 9.47 Å². The Balaban J connectivity index is 1.55. The number of nitrogens with zero attached hydrogens (tertiary/aromatic N) is 5. The van der Waals surface area contributed by atoms with Crippen molar-refractivity contribution in [2.24, 2.45) is 0 Å². The van der Waals surface area contributed by atoms with Gasteiger partial charge in [0.25, 0.3) is 0 Å². The minimum absolute atomic E-state index is 0.00427. The lowest BCUT2D eigenvalue weighted by atomic mass is 10.1. The minimum atomic E-state index is -0.0640. The summed E-state index contributed by atoms with van der Waals surface area (Å²) in [7, 11) is 3.15. The van der Waals surface area contributed by atoms with Crippen LogP contribution >= 0.6 is 0 Å². The van der Waals surface area contributed by atoms with E-state index in [-0.39, 0.29) is 18.4 Å². The summed E-state index contributed by atoms with van der Waals surface area (Å²) >= 11 is 0. The molecule has 2 aromatic heterocycles. The third-order valence-corrected chi connectivity index (χ3v) is 5.83. The zero-order valence-corrected chi connectivity index (χ0v) is 19.4. The van der Waals surface area contributed by atoms with Gasteiger partial charge in [0, 0.05) is 22.5 Å². The molecule has 0 amide bonds. The van der Waals surface area contributed by atoms with Gasteiger partial charge in [0.1, 0.15) is 6.54 Å². The van der Waals surface area contributed by atoms with Crippen molar-refractivity contribution in [3.63, 3.8) is 0 Å². The van der Waals surface area contributed by atoms with E-state index in [1.165, 1.54) is 10.4 Å². The van der Waals surface area contributed by atoms with Crippen LogP contribution in [0.5, 0.6) is 11.5 Å². The molecule has 0 aliphatic heterocycles. The summed E-state index contributed by atoms with van der Waals surface area (Å²) in [6, 6.07) is 17.7. The average molecular weight is 446 g/mol. The Morgan fingerprint density at radius 1 is 1.00 bits per heavy atom. The van der Waals surface area contributed by atoms with Crippen molar-refractivity contribution >= 4 is 5.78 Å². The fourth-order valence-electron chi connectivity index (χ4n) is 4.15. The van der Waals surface area contributed by atoms with Gasteiger partial charge >= 0.3 is 0 Å². The van der Waals surface area contributed by atoms with E-state index in [0.717, 1.165) is 17.0 Å². The summed E-state index contributed by atoms with van der Waals surface area (Å²) in [5.74, 6) is 1.53. The van der Waals surface area contributed by atoms with Gasteiger partial charge in [0.05, 0.1) is 20.3 Å². The van der Waals surface area contributed by atoms with Gasteiger partial charge in [-0.15, -0.1) is 10.2 Å². The molecule has 0 saturated carbocycles. The van der Waals surface area contributed by atoms with Crippen molar-refractivity contribution in [2.75, 3.05) is 14.2 Å². The summed E-state index contributed by atoms with van der Waals surface area (Å²) in [5, 5.41) is 12.6. The molecule has 0 radical (unpaired) electrons. The molecule has 0 aliphatic rings. The van der Waals surface area contributed by atoms with Crippen LogP contribution in [0.25, 0.3) is 11.4 Å². The van der Waals surface area contributed by atoms with Gasteiger partial charge in [0.2, 0.25) is 5.82 Å². The number of aromatic nitrogens is 5. The SMILES string of the molecule is COc1ccc(-c2nnn(CC(=O)c3cc(C)n(C(C)c4ccccc4)c3C)n2)cc1OC. The van der Waals surface area contributed by atoms with E-state index in [9.17, 15) is 4.79 Å². The molecule has 2 heterocycles. The molecule has 170 valence electrons. The summed E-state index contributed by atoms with van der Waals surface area (Å²) < 4.78 is 12.8. The molecule has 1 unspecified atom stereocenters. The smallest absolute Gasteiger partial charge is 0.205 e. The number of hydrogen-bond donors (Lipinski definition) is 0. The van der Waals surface area contributed by atoms with Crippen molar-refractivity contribution in [1.29, 1.82) is 0 Å². The Bertz CT molecular complexity index is 1280. The molecule has 8 heteroatoms. The highest BCUT2D eigenvalue weighted by molar-refractivity contribution is 5.97. The Labute approximate surface area is 192 Å². The minimum Gasteiger partial charge on any atom is -0.493 e. The molecule has 0 bridgehead atoms. The van der Waals surface area contributed by atoms with Crippen molar-refractivity contribution in [3.8, 4) is 22.9 Å². The zero-order chi connectivity index (χ0) is 23.5.